The van der Waals surface area contributed by atoms with E-state index < -0.39 is 0 Å². The molecule has 0 saturated carbocycles. The molecule has 0 fully saturated rings. The third-order valence-electron chi connectivity index (χ3n) is 3.71. The Morgan fingerprint density at radius 1 is 1.00 bits per heavy atom. The van der Waals surface area contributed by atoms with E-state index in [9.17, 15) is 5.11 Å². The minimum Gasteiger partial charge on any atom is -0.508 e. The van der Waals surface area contributed by atoms with Crippen LogP contribution in [0.3, 0.4) is 0 Å². The van der Waals surface area contributed by atoms with Gasteiger partial charge in [0.2, 0.25) is 12.5 Å². The molecule has 0 spiro atoms. The van der Waals surface area contributed by atoms with Crippen molar-refractivity contribution >= 4 is 0 Å². The maximum Gasteiger partial charge on any atom is 0.231 e. The van der Waals surface area contributed by atoms with Gasteiger partial charge in [-0.1, -0.05) is 18.2 Å². The quantitative estimate of drug-likeness (QED) is 0.911. The maximum atomic E-state index is 9.30. The summed E-state index contributed by atoms with van der Waals surface area (Å²) >= 11 is 0. The smallest absolute Gasteiger partial charge is 0.231 e. The van der Waals surface area contributed by atoms with Gasteiger partial charge in [0.05, 0.1) is 0 Å². The lowest BCUT2D eigenvalue weighted by molar-refractivity contribution is 0.166. The molecule has 4 rings (SSSR count). The number of hydrogen-bond donors (Lipinski definition) is 1. The monoisotopic (exact) mass is 270 g/mol. The van der Waals surface area contributed by atoms with Crippen LogP contribution in [0.25, 0.3) is 0 Å². The van der Waals surface area contributed by atoms with Gasteiger partial charge in [-0.25, -0.2) is 0 Å². The second-order valence-electron chi connectivity index (χ2n) is 5.10. The normalized spacial score (nSPS) is 18.7. The standard InChI is InChI=1S/C16H14O4/c17-12-4-1-10(2-5-12)7-13-8-11-3-6-14-16(15(11)20-13)19-9-18-14/h1-6,13,17H,7-9H2. The fourth-order valence-corrected chi connectivity index (χ4v) is 2.74. The minimum absolute atomic E-state index is 0.102. The highest BCUT2D eigenvalue weighted by Crippen LogP contribution is 2.47. The van der Waals surface area contributed by atoms with E-state index in [2.05, 4.69) is 0 Å². The Hall–Kier alpha value is -2.36. The van der Waals surface area contributed by atoms with Gasteiger partial charge in [-0.15, -0.1) is 0 Å². The molecule has 2 heterocycles. The predicted molar refractivity (Wildman–Crippen MR) is 72.5 cm³/mol. The summed E-state index contributed by atoms with van der Waals surface area (Å²) in [6, 6.07) is 11.2. The van der Waals surface area contributed by atoms with E-state index in [0.29, 0.717) is 0 Å². The van der Waals surface area contributed by atoms with Crippen molar-refractivity contribution in [2.24, 2.45) is 0 Å². The first-order valence-corrected chi connectivity index (χ1v) is 6.65. The van der Waals surface area contributed by atoms with Crippen LogP contribution in [0.2, 0.25) is 0 Å². The Balaban J connectivity index is 1.55. The number of phenols is 1. The summed E-state index contributed by atoms with van der Waals surface area (Å²) in [5.41, 5.74) is 2.31. The van der Waals surface area contributed by atoms with Crippen LogP contribution in [-0.4, -0.2) is 18.0 Å². The van der Waals surface area contributed by atoms with Crippen LogP contribution in [0.1, 0.15) is 11.1 Å². The van der Waals surface area contributed by atoms with Crippen LogP contribution in [0.5, 0.6) is 23.0 Å². The molecule has 2 aromatic carbocycles. The molecule has 2 aromatic rings. The maximum absolute atomic E-state index is 9.30. The third kappa shape index (κ3) is 1.84. The molecular formula is C16H14O4. The summed E-state index contributed by atoms with van der Waals surface area (Å²) in [6.45, 7) is 0.262. The van der Waals surface area contributed by atoms with Crippen molar-refractivity contribution in [1.29, 1.82) is 0 Å². The number of benzene rings is 2. The van der Waals surface area contributed by atoms with Gasteiger partial charge >= 0.3 is 0 Å². The van der Waals surface area contributed by atoms with Gasteiger partial charge in [-0.3, -0.25) is 0 Å². The zero-order valence-electron chi connectivity index (χ0n) is 10.8. The van der Waals surface area contributed by atoms with Gasteiger partial charge in [0.1, 0.15) is 11.9 Å². The van der Waals surface area contributed by atoms with Crippen molar-refractivity contribution in [2.75, 3.05) is 6.79 Å². The van der Waals surface area contributed by atoms with Gasteiger partial charge in [-0.05, 0) is 23.8 Å². The SMILES string of the molecule is Oc1ccc(CC2Cc3ccc4c(c3O2)OCO4)cc1. The lowest BCUT2D eigenvalue weighted by Gasteiger charge is -2.11. The highest BCUT2D eigenvalue weighted by Gasteiger charge is 2.30. The van der Waals surface area contributed by atoms with E-state index in [0.717, 1.165) is 41.2 Å². The zero-order valence-corrected chi connectivity index (χ0v) is 10.8. The first kappa shape index (κ1) is 11.5. The van der Waals surface area contributed by atoms with E-state index in [1.54, 1.807) is 12.1 Å². The summed E-state index contributed by atoms with van der Waals surface area (Å²) in [7, 11) is 0. The Morgan fingerprint density at radius 3 is 2.70 bits per heavy atom. The molecule has 4 nitrogen and oxygen atoms in total. The minimum atomic E-state index is 0.102. The second kappa shape index (κ2) is 4.34. The highest BCUT2D eigenvalue weighted by atomic mass is 16.7. The molecular weight excluding hydrogens is 256 g/mol. The van der Waals surface area contributed by atoms with Crippen molar-refractivity contribution in [3.8, 4) is 23.0 Å². The third-order valence-corrected chi connectivity index (χ3v) is 3.71. The van der Waals surface area contributed by atoms with Crippen LogP contribution in [0.15, 0.2) is 36.4 Å². The number of hydrogen-bond acceptors (Lipinski definition) is 4. The van der Waals surface area contributed by atoms with Crippen LogP contribution in [0.4, 0.5) is 0 Å². The Kier molecular flexibility index (Phi) is 2.49. The molecule has 1 unspecified atom stereocenters. The summed E-state index contributed by atoms with van der Waals surface area (Å²) in [4.78, 5) is 0. The van der Waals surface area contributed by atoms with Crippen molar-refractivity contribution in [2.45, 2.75) is 18.9 Å². The molecule has 102 valence electrons. The number of fused-ring (bicyclic) bond motifs is 3. The predicted octanol–water partition coefficient (Wildman–Crippen LogP) is 2.67. The molecule has 1 atom stereocenters. The van der Waals surface area contributed by atoms with E-state index in [1.807, 2.05) is 24.3 Å². The lowest BCUT2D eigenvalue weighted by atomic mass is 10.0. The molecule has 2 aliphatic heterocycles. The fourth-order valence-electron chi connectivity index (χ4n) is 2.74. The van der Waals surface area contributed by atoms with Gasteiger partial charge in [-0.2, -0.15) is 0 Å². The number of ether oxygens (including phenoxy) is 3. The molecule has 4 heteroatoms. The highest BCUT2D eigenvalue weighted by molar-refractivity contribution is 5.58. The largest absolute Gasteiger partial charge is 0.508 e. The van der Waals surface area contributed by atoms with Crippen molar-refractivity contribution in [1.82, 2.24) is 0 Å². The average Bonchev–Trinajstić information content (AvgIpc) is 3.06. The lowest BCUT2D eigenvalue weighted by Crippen LogP contribution is -2.16. The topological polar surface area (TPSA) is 47.9 Å². The molecule has 0 aromatic heterocycles. The molecule has 0 saturated heterocycles. The van der Waals surface area contributed by atoms with Gasteiger partial charge in [0.15, 0.2) is 11.5 Å². The Morgan fingerprint density at radius 2 is 1.85 bits per heavy atom. The van der Waals surface area contributed by atoms with Gasteiger partial charge < -0.3 is 19.3 Å². The van der Waals surface area contributed by atoms with Crippen molar-refractivity contribution in [3.05, 3.63) is 47.5 Å². The molecule has 0 bridgehead atoms. The van der Waals surface area contributed by atoms with Crippen molar-refractivity contribution in [3.63, 3.8) is 0 Å². The molecule has 0 aliphatic carbocycles. The first-order chi connectivity index (χ1) is 9.79. The van der Waals surface area contributed by atoms with Gasteiger partial charge in [0, 0.05) is 18.4 Å². The van der Waals surface area contributed by atoms with Crippen molar-refractivity contribution < 1.29 is 19.3 Å². The summed E-state index contributed by atoms with van der Waals surface area (Å²) in [5, 5.41) is 9.30. The van der Waals surface area contributed by atoms with Crippen LogP contribution < -0.4 is 14.2 Å². The van der Waals surface area contributed by atoms with Gasteiger partial charge in [0.25, 0.3) is 0 Å². The van der Waals surface area contributed by atoms with E-state index >= 15 is 0 Å². The average molecular weight is 270 g/mol. The summed E-state index contributed by atoms with van der Waals surface area (Å²) in [5.74, 6) is 2.60. The molecule has 0 radical (unpaired) electrons. The summed E-state index contributed by atoms with van der Waals surface area (Å²) < 4.78 is 16.9. The summed E-state index contributed by atoms with van der Waals surface area (Å²) in [6.07, 6.45) is 1.78. The number of aromatic hydroxyl groups is 1. The zero-order chi connectivity index (χ0) is 13.5. The Bertz CT molecular complexity index is 648. The van der Waals surface area contributed by atoms with Crippen LogP contribution in [-0.2, 0) is 12.8 Å². The molecule has 0 amide bonds. The van der Waals surface area contributed by atoms with E-state index in [4.69, 9.17) is 14.2 Å². The first-order valence-electron chi connectivity index (χ1n) is 6.65. The Labute approximate surface area is 116 Å². The fraction of sp³-hybridized carbons (Fsp3) is 0.250. The molecule has 1 N–H and O–H groups in total. The number of phenolic OH excluding ortho intramolecular Hbond substituents is 1. The molecule has 2 aliphatic rings. The molecule has 20 heavy (non-hydrogen) atoms. The number of rotatable bonds is 2. The van der Waals surface area contributed by atoms with E-state index in [-0.39, 0.29) is 18.6 Å². The van der Waals surface area contributed by atoms with Crippen LogP contribution >= 0.6 is 0 Å². The second-order valence-corrected chi connectivity index (χ2v) is 5.10. The van der Waals surface area contributed by atoms with Crippen LogP contribution in [0, 0.1) is 0 Å². The van der Waals surface area contributed by atoms with E-state index in [1.165, 1.54) is 0 Å².